The third-order valence-corrected chi connectivity index (χ3v) is 4.96. The van der Waals surface area contributed by atoms with Crippen molar-refractivity contribution in [2.24, 2.45) is 0 Å². The van der Waals surface area contributed by atoms with Crippen molar-refractivity contribution in [3.8, 4) is 0 Å². The van der Waals surface area contributed by atoms with Crippen molar-refractivity contribution in [3.05, 3.63) is 87.2 Å². The topological polar surface area (TPSA) is 29.9 Å². The maximum Gasteiger partial charge on any atom is 0.131 e. The van der Waals surface area contributed by atoms with Crippen LogP contribution in [0.3, 0.4) is 0 Å². The zero-order valence-electron chi connectivity index (χ0n) is 14.1. The molecule has 0 fully saturated rings. The van der Waals surface area contributed by atoms with E-state index in [1.807, 2.05) is 28.9 Å². The van der Waals surface area contributed by atoms with Gasteiger partial charge in [0.2, 0.25) is 0 Å². The average molecular weight is 374 g/mol. The molecule has 1 aliphatic rings. The van der Waals surface area contributed by atoms with E-state index in [-0.39, 0.29) is 0 Å². The van der Waals surface area contributed by atoms with Crippen molar-refractivity contribution in [1.29, 1.82) is 0 Å². The minimum Gasteiger partial charge on any atom is -0.312 e. The Morgan fingerprint density at radius 1 is 1.12 bits per heavy atom. The molecule has 3 aromatic rings. The van der Waals surface area contributed by atoms with Gasteiger partial charge < -0.3 is 5.32 Å². The van der Waals surface area contributed by atoms with Gasteiger partial charge in [-0.05, 0) is 23.8 Å². The SMILES string of the molecule is Fc1ccc(Cn2nc(Cc3ccc(Cl)cc3)c3c2CCNC3)c(F)c1. The quantitative estimate of drug-likeness (QED) is 0.746. The Balaban J connectivity index is 1.67. The van der Waals surface area contributed by atoms with Crippen molar-refractivity contribution in [2.45, 2.75) is 25.9 Å². The van der Waals surface area contributed by atoms with Crippen molar-refractivity contribution >= 4 is 11.6 Å². The van der Waals surface area contributed by atoms with Gasteiger partial charge in [0.15, 0.2) is 0 Å². The number of hydrogen-bond donors (Lipinski definition) is 1. The van der Waals surface area contributed by atoms with Gasteiger partial charge in [0.25, 0.3) is 0 Å². The monoisotopic (exact) mass is 373 g/mol. The van der Waals surface area contributed by atoms with Crippen molar-refractivity contribution < 1.29 is 8.78 Å². The first-order chi connectivity index (χ1) is 12.6. The highest BCUT2D eigenvalue weighted by Gasteiger charge is 2.21. The lowest BCUT2D eigenvalue weighted by Gasteiger charge is -2.16. The Bertz CT molecular complexity index is 935. The fraction of sp³-hybridized carbons (Fsp3) is 0.250. The molecule has 6 heteroatoms. The van der Waals surface area contributed by atoms with E-state index in [1.165, 1.54) is 17.7 Å². The van der Waals surface area contributed by atoms with E-state index >= 15 is 0 Å². The van der Waals surface area contributed by atoms with Gasteiger partial charge in [-0.1, -0.05) is 29.8 Å². The Hall–Kier alpha value is -2.24. The molecule has 2 aromatic carbocycles. The van der Waals surface area contributed by atoms with Crippen LogP contribution in [-0.2, 0) is 25.9 Å². The van der Waals surface area contributed by atoms with Crippen LogP contribution in [0.2, 0.25) is 5.02 Å². The van der Waals surface area contributed by atoms with E-state index in [4.69, 9.17) is 16.7 Å². The second-order valence-electron chi connectivity index (χ2n) is 6.50. The van der Waals surface area contributed by atoms with E-state index in [2.05, 4.69) is 5.32 Å². The molecule has 1 aromatic heterocycles. The third-order valence-electron chi connectivity index (χ3n) is 4.71. The van der Waals surface area contributed by atoms with Crippen LogP contribution < -0.4 is 5.32 Å². The molecule has 26 heavy (non-hydrogen) atoms. The molecule has 1 aliphatic heterocycles. The summed E-state index contributed by atoms with van der Waals surface area (Å²) in [5, 5.41) is 8.83. The highest BCUT2D eigenvalue weighted by atomic mass is 35.5. The van der Waals surface area contributed by atoms with Crippen LogP contribution in [0.4, 0.5) is 8.78 Å². The van der Waals surface area contributed by atoms with E-state index in [1.54, 1.807) is 0 Å². The number of aromatic nitrogens is 2. The molecule has 134 valence electrons. The molecule has 2 heterocycles. The third kappa shape index (κ3) is 3.50. The second-order valence-corrected chi connectivity index (χ2v) is 6.93. The molecule has 0 unspecified atom stereocenters. The van der Waals surface area contributed by atoms with Crippen LogP contribution in [0, 0.1) is 11.6 Å². The minimum absolute atomic E-state index is 0.301. The highest BCUT2D eigenvalue weighted by Crippen LogP contribution is 2.23. The fourth-order valence-electron chi connectivity index (χ4n) is 3.37. The number of nitrogens with one attached hydrogen (secondary N) is 1. The summed E-state index contributed by atoms with van der Waals surface area (Å²) in [4.78, 5) is 0. The summed E-state index contributed by atoms with van der Waals surface area (Å²) in [5.74, 6) is -1.11. The number of nitrogens with zero attached hydrogens (tertiary/aromatic N) is 2. The lowest BCUT2D eigenvalue weighted by Crippen LogP contribution is -2.25. The van der Waals surface area contributed by atoms with Gasteiger partial charge in [0, 0.05) is 53.8 Å². The smallest absolute Gasteiger partial charge is 0.131 e. The first kappa shape index (κ1) is 17.2. The molecule has 0 radical (unpaired) electrons. The van der Waals surface area contributed by atoms with Crippen molar-refractivity contribution in [3.63, 3.8) is 0 Å². The minimum atomic E-state index is -0.568. The standard InChI is InChI=1S/C20H18ClF2N3/c21-15-4-1-13(2-5-15)9-19-17-11-24-8-7-20(17)26(25-19)12-14-3-6-16(22)10-18(14)23/h1-6,10,24H,7-9,11-12H2. The zero-order valence-corrected chi connectivity index (χ0v) is 14.9. The Labute approximate surface area is 155 Å². The first-order valence-corrected chi connectivity index (χ1v) is 8.94. The lowest BCUT2D eigenvalue weighted by molar-refractivity contribution is 0.543. The number of rotatable bonds is 4. The van der Waals surface area contributed by atoms with Gasteiger partial charge >= 0.3 is 0 Å². The predicted octanol–water partition coefficient (Wildman–Crippen LogP) is 4.10. The molecule has 0 atom stereocenters. The predicted molar refractivity (Wildman–Crippen MR) is 97.4 cm³/mol. The van der Waals surface area contributed by atoms with Gasteiger partial charge in [-0.15, -0.1) is 0 Å². The first-order valence-electron chi connectivity index (χ1n) is 8.56. The second kappa shape index (κ2) is 7.17. The maximum atomic E-state index is 14.1. The van der Waals surface area contributed by atoms with Crippen LogP contribution in [0.25, 0.3) is 0 Å². The highest BCUT2D eigenvalue weighted by molar-refractivity contribution is 6.30. The molecule has 4 rings (SSSR count). The van der Waals surface area contributed by atoms with Gasteiger partial charge in [-0.3, -0.25) is 4.68 Å². The van der Waals surface area contributed by atoms with Crippen LogP contribution in [0.15, 0.2) is 42.5 Å². The Kier molecular flexibility index (Phi) is 4.74. The fourth-order valence-corrected chi connectivity index (χ4v) is 3.50. The van der Waals surface area contributed by atoms with Crippen molar-refractivity contribution in [1.82, 2.24) is 15.1 Å². The molecule has 1 N–H and O–H groups in total. The molecule has 0 saturated carbocycles. The summed E-state index contributed by atoms with van der Waals surface area (Å²) in [7, 11) is 0. The molecule has 0 aliphatic carbocycles. The molecule has 0 bridgehead atoms. The number of halogens is 3. The Morgan fingerprint density at radius 2 is 1.92 bits per heavy atom. The molecular formula is C20H18ClF2N3. The van der Waals surface area contributed by atoms with E-state index < -0.39 is 11.6 Å². The average Bonchev–Trinajstić information content (AvgIpc) is 2.97. The normalized spacial score (nSPS) is 13.7. The van der Waals surface area contributed by atoms with Crippen LogP contribution in [-0.4, -0.2) is 16.3 Å². The van der Waals surface area contributed by atoms with Gasteiger partial charge in [-0.2, -0.15) is 5.10 Å². The molecule has 0 amide bonds. The van der Waals surface area contributed by atoms with E-state index in [0.29, 0.717) is 23.6 Å². The Morgan fingerprint density at radius 3 is 2.69 bits per heavy atom. The van der Waals surface area contributed by atoms with Crippen molar-refractivity contribution in [2.75, 3.05) is 6.54 Å². The van der Waals surface area contributed by atoms with Crippen LogP contribution >= 0.6 is 11.6 Å². The number of benzene rings is 2. The van der Waals surface area contributed by atoms with Gasteiger partial charge in [-0.25, -0.2) is 8.78 Å². The summed E-state index contributed by atoms with van der Waals surface area (Å²) < 4.78 is 29.1. The molecule has 0 spiro atoms. The summed E-state index contributed by atoms with van der Waals surface area (Å²) in [5.41, 5.74) is 4.84. The summed E-state index contributed by atoms with van der Waals surface area (Å²) in [6.45, 7) is 1.92. The van der Waals surface area contributed by atoms with Crippen LogP contribution in [0.1, 0.15) is 28.1 Å². The largest absolute Gasteiger partial charge is 0.312 e. The summed E-state index contributed by atoms with van der Waals surface area (Å²) in [6.07, 6.45) is 1.53. The summed E-state index contributed by atoms with van der Waals surface area (Å²) >= 11 is 5.96. The summed E-state index contributed by atoms with van der Waals surface area (Å²) in [6, 6.07) is 11.4. The number of fused-ring (bicyclic) bond motifs is 1. The van der Waals surface area contributed by atoms with Crippen LogP contribution in [0.5, 0.6) is 0 Å². The molecular weight excluding hydrogens is 356 g/mol. The molecule has 0 saturated heterocycles. The van der Waals surface area contributed by atoms with E-state index in [9.17, 15) is 8.78 Å². The molecule has 3 nitrogen and oxygen atoms in total. The van der Waals surface area contributed by atoms with Gasteiger partial charge in [0.1, 0.15) is 11.6 Å². The number of hydrogen-bond acceptors (Lipinski definition) is 2. The maximum absolute atomic E-state index is 14.1. The van der Waals surface area contributed by atoms with E-state index in [0.717, 1.165) is 42.5 Å². The lowest BCUT2D eigenvalue weighted by atomic mass is 10.0. The zero-order chi connectivity index (χ0) is 18.1. The van der Waals surface area contributed by atoms with Gasteiger partial charge in [0.05, 0.1) is 12.2 Å².